The van der Waals surface area contributed by atoms with Crippen molar-refractivity contribution < 1.29 is 9.66 Å². The van der Waals surface area contributed by atoms with Crippen molar-refractivity contribution in [3.8, 4) is 0 Å². The van der Waals surface area contributed by atoms with E-state index in [1.54, 1.807) is 7.11 Å². The van der Waals surface area contributed by atoms with Crippen molar-refractivity contribution in [1.29, 1.82) is 0 Å². The van der Waals surface area contributed by atoms with Gasteiger partial charge in [-0.15, -0.1) is 0 Å². The van der Waals surface area contributed by atoms with Crippen molar-refractivity contribution in [2.45, 2.75) is 19.4 Å². The maximum atomic E-state index is 10.8. The van der Waals surface area contributed by atoms with Crippen molar-refractivity contribution in [2.75, 3.05) is 25.1 Å². The number of methoxy groups -OCH3 is 1. The average Bonchev–Trinajstić information content (AvgIpc) is 2.38. The number of hydrogen-bond donors (Lipinski definition) is 0. The normalized spacial score (nSPS) is 23.4. The Kier molecular flexibility index (Phi) is 4.21. The molecule has 7 heteroatoms. The van der Waals surface area contributed by atoms with Crippen LogP contribution in [0.25, 0.3) is 0 Å². The van der Waals surface area contributed by atoms with Gasteiger partial charge in [0.1, 0.15) is 11.0 Å². The predicted molar refractivity (Wildman–Crippen MR) is 72.7 cm³/mol. The molecule has 19 heavy (non-hydrogen) atoms. The van der Waals surface area contributed by atoms with E-state index in [9.17, 15) is 10.1 Å². The molecule has 0 spiro atoms. The van der Waals surface area contributed by atoms with Gasteiger partial charge in [0.2, 0.25) is 0 Å². The number of anilines is 1. The van der Waals surface area contributed by atoms with Gasteiger partial charge in [0.25, 0.3) is 5.69 Å². The lowest BCUT2D eigenvalue weighted by Crippen LogP contribution is -2.44. The third kappa shape index (κ3) is 3.13. The lowest BCUT2D eigenvalue weighted by atomic mass is 9.96. The molecule has 2 rings (SSSR count). The van der Waals surface area contributed by atoms with Gasteiger partial charge in [0.05, 0.1) is 23.2 Å². The van der Waals surface area contributed by atoms with Gasteiger partial charge < -0.3 is 9.64 Å². The maximum Gasteiger partial charge on any atom is 0.276 e. The molecule has 6 nitrogen and oxygen atoms in total. The van der Waals surface area contributed by atoms with Crippen LogP contribution in [0, 0.1) is 16.0 Å². The van der Waals surface area contributed by atoms with Crippen LogP contribution in [0.3, 0.4) is 0 Å². The monoisotopic (exact) mass is 285 g/mol. The topological polar surface area (TPSA) is 68.5 Å². The second-order valence-corrected chi connectivity index (χ2v) is 5.14. The number of nitro groups is 1. The van der Waals surface area contributed by atoms with E-state index in [-0.39, 0.29) is 16.9 Å². The van der Waals surface area contributed by atoms with Gasteiger partial charge in [-0.05, 0) is 12.3 Å². The number of aromatic nitrogens is 1. The highest BCUT2D eigenvalue weighted by atomic mass is 35.5. The first-order valence-electron chi connectivity index (χ1n) is 6.11. The Morgan fingerprint density at radius 2 is 2.32 bits per heavy atom. The van der Waals surface area contributed by atoms with E-state index in [1.165, 1.54) is 12.1 Å². The van der Waals surface area contributed by atoms with Crippen LogP contribution >= 0.6 is 11.6 Å². The quantitative estimate of drug-likeness (QED) is 0.485. The standard InChI is InChI=1S/C12H16ClN3O3/c1-8-3-4-15(7-10(8)19-2)12-6-9(16(17)18)5-11(13)14-12/h5-6,8,10H,3-4,7H2,1-2H3. The van der Waals surface area contributed by atoms with Crippen LogP contribution in [0.4, 0.5) is 11.5 Å². The molecular weight excluding hydrogens is 270 g/mol. The van der Waals surface area contributed by atoms with E-state index in [1.807, 2.05) is 4.90 Å². The van der Waals surface area contributed by atoms with Crippen LogP contribution < -0.4 is 4.90 Å². The SMILES string of the molecule is COC1CN(c2cc([N+](=O)[O-])cc(Cl)n2)CCC1C. The van der Waals surface area contributed by atoms with E-state index in [2.05, 4.69) is 11.9 Å². The second-order valence-electron chi connectivity index (χ2n) is 4.75. The smallest absolute Gasteiger partial charge is 0.276 e. The Balaban J connectivity index is 2.24. The Morgan fingerprint density at radius 3 is 2.95 bits per heavy atom. The minimum atomic E-state index is -0.461. The zero-order valence-electron chi connectivity index (χ0n) is 10.9. The van der Waals surface area contributed by atoms with Gasteiger partial charge in [-0.25, -0.2) is 4.98 Å². The molecule has 2 atom stereocenters. The molecule has 1 aliphatic heterocycles. The fourth-order valence-corrected chi connectivity index (χ4v) is 2.48. The lowest BCUT2D eigenvalue weighted by molar-refractivity contribution is -0.384. The van der Waals surface area contributed by atoms with Crippen molar-refractivity contribution >= 4 is 23.1 Å². The summed E-state index contributed by atoms with van der Waals surface area (Å²) in [6.07, 6.45) is 1.06. The number of nitrogens with zero attached hydrogens (tertiary/aromatic N) is 3. The summed E-state index contributed by atoms with van der Waals surface area (Å²) in [7, 11) is 1.68. The van der Waals surface area contributed by atoms with E-state index in [0.717, 1.165) is 13.0 Å². The van der Waals surface area contributed by atoms with Gasteiger partial charge in [0.15, 0.2) is 0 Å². The predicted octanol–water partition coefficient (Wildman–Crippen LogP) is 2.50. The van der Waals surface area contributed by atoms with Crippen LogP contribution in [0.2, 0.25) is 5.15 Å². The first kappa shape index (κ1) is 14.0. The summed E-state index contributed by atoms with van der Waals surface area (Å²) >= 11 is 5.84. The Bertz CT molecular complexity index is 483. The summed E-state index contributed by atoms with van der Waals surface area (Å²) in [6, 6.07) is 2.71. The zero-order chi connectivity index (χ0) is 14.0. The fourth-order valence-electron chi connectivity index (χ4n) is 2.29. The largest absolute Gasteiger partial charge is 0.379 e. The van der Waals surface area contributed by atoms with Crippen LogP contribution in [0.5, 0.6) is 0 Å². The molecule has 1 aliphatic rings. The van der Waals surface area contributed by atoms with Crippen LogP contribution in [-0.2, 0) is 4.74 Å². The van der Waals surface area contributed by atoms with Crippen molar-refractivity contribution in [2.24, 2.45) is 5.92 Å². The molecular formula is C12H16ClN3O3. The van der Waals surface area contributed by atoms with Crippen molar-refractivity contribution in [3.05, 3.63) is 27.4 Å². The molecule has 0 radical (unpaired) electrons. The van der Waals surface area contributed by atoms with Gasteiger partial charge in [-0.3, -0.25) is 10.1 Å². The molecule has 1 saturated heterocycles. The highest BCUT2D eigenvalue weighted by Crippen LogP contribution is 2.27. The average molecular weight is 286 g/mol. The van der Waals surface area contributed by atoms with E-state index in [4.69, 9.17) is 16.3 Å². The summed E-state index contributed by atoms with van der Waals surface area (Å²) in [5, 5.41) is 11.0. The van der Waals surface area contributed by atoms with Gasteiger partial charge in [-0.1, -0.05) is 18.5 Å². The van der Waals surface area contributed by atoms with Gasteiger partial charge >= 0.3 is 0 Å². The summed E-state index contributed by atoms with van der Waals surface area (Å²) < 4.78 is 5.43. The van der Waals surface area contributed by atoms with E-state index >= 15 is 0 Å². The molecule has 0 bridgehead atoms. The minimum Gasteiger partial charge on any atom is -0.379 e. The molecule has 1 aromatic heterocycles. The number of pyridine rings is 1. The number of rotatable bonds is 3. The molecule has 2 heterocycles. The molecule has 2 unspecified atom stereocenters. The Morgan fingerprint density at radius 1 is 1.58 bits per heavy atom. The zero-order valence-corrected chi connectivity index (χ0v) is 11.6. The molecule has 0 aromatic carbocycles. The highest BCUT2D eigenvalue weighted by Gasteiger charge is 2.27. The molecule has 0 saturated carbocycles. The van der Waals surface area contributed by atoms with E-state index < -0.39 is 4.92 Å². The van der Waals surface area contributed by atoms with Gasteiger partial charge in [-0.2, -0.15) is 0 Å². The molecule has 0 amide bonds. The first-order valence-corrected chi connectivity index (χ1v) is 6.48. The van der Waals surface area contributed by atoms with E-state index in [0.29, 0.717) is 18.3 Å². The van der Waals surface area contributed by atoms with Crippen molar-refractivity contribution in [1.82, 2.24) is 4.98 Å². The molecule has 1 aromatic rings. The highest BCUT2D eigenvalue weighted by molar-refractivity contribution is 6.29. The first-order chi connectivity index (χ1) is 9.01. The van der Waals surface area contributed by atoms with Gasteiger partial charge in [0, 0.05) is 20.2 Å². The number of hydrogen-bond acceptors (Lipinski definition) is 5. The third-order valence-corrected chi connectivity index (χ3v) is 3.69. The number of halogens is 1. The summed E-state index contributed by atoms with van der Waals surface area (Å²) in [5.41, 5.74) is -0.0393. The van der Waals surface area contributed by atoms with Crippen LogP contribution in [0.1, 0.15) is 13.3 Å². The summed E-state index contributed by atoms with van der Waals surface area (Å²) in [6.45, 7) is 3.60. The van der Waals surface area contributed by atoms with Crippen molar-refractivity contribution in [3.63, 3.8) is 0 Å². The van der Waals surface area contributed by atoms with Crippen LogP contribution in [0.15, 0.2) is 12.1 Å². The summed E-state index contributed by atoms with van der Waals surface area (Å²) in [4.78, 5) is 16.5. The number of piperidine rings is 1. The number of ether oxygens (including phenoxy) is 1. The molecule has 104 valence electrons. The molecule has 0 aliphatic carbocycles. The Labute approximate surface area is 116 Å². The third-order valence-electron chi connectivity index (χ3n) is 3.49. The lowest BCUT2D eigenvalue weighted by Gasteiger charge is -2.36. The second kappa shape index (κ2) is 5.71. The Hall–Kier alpha value is -1.40. The molecule has 0 N–H and O–H groups in total. The molecule has 1 fully saturated rings. The minimum absolute atomic E-state index is 0.0393. The summed E-state index contributed by atoms with van der Waals surface area (Å²) in [5.74, 6) is 1.00. The van der Waals surface area contributed by atoms with Crippen LogP contribution in [-0.4, -0.2) is 36.2 Å². The fraction of sp³-hybridized carbons (Fsp3) is 0.583. The maximum absolute atomic E-state index is 10.8.